The number of rotatable bonds is 5. The molecule has 5 nitrogen and oxygen atoms in total. The van der Waals surface area contributed by atoms with Crippen LogP contribution in [0.5, 0.6) is 0 Å². The van der Waals surface area contributed by atoms with E-state index in [9.17, 15) is 18.9 Å². The second kappa shape index (κ2) is 8.61. The van der Waals surface area contributed by atoms with Crippen molar-refractivity contribution in [1.29, 1.82) is 0 Å². The van der Waals surface area contributed by atoms with E-state index in [0.29, 0.717) is 16.1 Å². The highest BCUT2D eigenvalue weighted by atomic mass is 32.1. The molecular weight excluding hydrogens is 420 g/mol. The van der Waals surface area contributed by atoms with E-state index in [1.807, 2.05) is 47.2 Å². The molecule has 0 amide bonds. The fourth-order valence-corrected chi connectivity index (χ4v) is 4.31. The number of nitro groups is 1. The van der Waals surface area contributed by atoms with E-state index in [-0.39, 0.29) is 17.4 Å². The number of thiazole rings is 1. The van der Waals surface area contributed by atoms with Gasteiger partial charge in [0.05, 0.1) is 16.7 Å². The smallest absolute Gasteiger partial charge is 0.270 e. The van der Waals surface area contributed by atoms with E-state index in [1.54, 1.807) is 12.1 Å². The summed E-state index contributed by atoms with van der Waals surface area (Å²) in [5.41, 5.74) is 2.35. The predicted molar refractivity (Wildman–Crippen MR) is 116 cm³/mol. The molecule has 4 aromatic rings. The maximum Gasteiger partial charge on any atom is 0.270 e. The number of nitrogens with zero attached hydrogens (tertiary/aromatic N) is 3. The van der Waals surface area contributed by atoms with Gasteiger partial charge in [-0.3, -0.25) is 10.1 Å². The Bertz CT molecular complexity index is 1320. The number of hydrogen-bond donors (Lipinski definition) is 0. The van der Waals surface area contributed by atoms with Gasteiger partial charge in [0.1, 0.15) is 11.5 Å². The molecule has 0 fully saturated rings. The van der Waals surface area contributed by atoms with E-state index < -0.39 is 16.6 Å². The minimum Gasteiger partial charge on any atom is -0.309 e. The zero-order chi connectivity index (χ0) is 22.0. The van der Waals surface area contributed by atoms with E-state index in [1.165, 1.54) is 29.5 Å². The third-order valence-electron chi connectivity index (χ3n) is 4.89. The predicted octanol–water partition coefficient (Wildman–Crippen LogP) is 6.24. The van der Waals surface area contributed by atoms with E-state index >= 15 is 0 Å². The Morgan fingerprint density at radius 1 is 1.03 bits per heavy atom. The van der Waals surface area contributed by atoms with Crippen molar-refractivity contribution in [2.75, 3.05) is 0 Å². The van der Waals surface area contributed by atoms with Crippen LogP contribution in [0.25, 0.3) is 11.3 Å². The first kappa shape index (κ1) is 20.6. The average Bonchev–Trinajstić information content (AvgIpc) is 3.19. The molecule has 0 radical (unpaired) electrons. The molecule has 0 N–H and O–H groups in total. The van der Waals surface area contributed by atoms with Gasteiger partial charge in [-0.05, 0) is 24.6 Å². The highest BCUT2D eigenvalue weighted by molar-refractivity contribution is 7.07. The monoisotopic (exact) mass is 437 g/mol. The van der Waals surface area contributed by atoms with E-state index in [4.69, 9.17) is 0 Å². The summed E-state index contributed by atoms with van der Waals surface area (Å²) in [6.07, 6.45) is 0. The molecule has 0 spiro atoms. The molecule has 31 heavy (non-hydrogen) atoms. The number of halogens is 2. The summed E-state index contributed by atoms with van der Waals surface area (Å²) in [4.78, 5) is 15.7. The summed E-state index contributed by atoms with van der Waals surface area (Å²) < 4.78 is 29.5. The quantitative estimate of drug-likeness (QED) is 0.274. The number of nitro benzene ring substituents is 1. The second-order valence-corrected chi connectivity index (χ2v) is 7.71. The van der Waals surface area contributed by atoms with Crippen LogP contribution >= 0.6 is 11.3 Å². The SMILES string of the molecule is CC(c1ccccc1)n1c(-c2cccc([N+](=O)[O-])c2)csc1=Nc1ccc(F)cc1F. The van der Waals surface area contributed by atoms with Crippen molar-refractivity contribution in [2.24, 2.45) is 4.99 Å². The summed E-state index contributed by atoms with van der Waals surface area (Å²) in [7, 11) is 0. The molecule has 4 rings (SSSR count). The second-order valence-electron chi connectivity index (χ2n) is 6.88. The van der Waals surface area contributed by atoms with Crippen LogP contribution in [0.4, 0.5) is 20.2 Å². The summed E-state index contributed by atoms with van der Waals surface area (Å²) >= 11 is 1.28. The summed E-state index contributed by atoms with van der Waals surface area (Å²) in [5, 5.41) is 13.1. The Balaban J connectivity index is 1.94. The third kappa shape index (κ3) is 4.29. The summed E-state index contributed by atoms with van der Waals surface area (Å²) in [6, 6.07) is 19.1. The van der Waals surface area contributed by atoms with Crippen LogP contribution in [0, 0.1) is 21.7 Å². The minimum absolute atomic E-state index is 0.0165. The first-order valence-electron chi connectivity index (χ1n) is 9.43. The van der Waals surface area contributed by atoms with E-state index in [0.717, 1.165) is 17.7 Å². The molecule has 1 unspecified atom stereocenters. The van der Waals surface area contributed by atoms with Gasteiger partial charge < -0.3 is 4.57 Å². The van der Waals surface area contributed by atoms with E-state index in [2.05, 4.69) is 4.99 Å². The van der Waals surface area contributed by atoms with Crippen LogP contribution < -0.4 is 4.80 Å². The van der Waals surface area contributed by atoms with Gasteiger partial charge in [-0.1, -0.05) is 42.5 Å². The lowest BCUT2D eigenvalue weighted by molar-refractivity contribution is -0.384. The van der Waals surface area contributed by atoms with Crippen molar-refractivity contribution in [3.8, 4) is 11.3 Å². The van der Waals surface area contributed by atoms with Crippen molar-refractivity contribution in [1.82, 2.24) is 4.57 Å². The molecule has 0 saturated heterocycles. The largest absolute Gasteiger partial charge is 0.309 e. The lowest BCUT2D eigenvalue weighted by atomic mass is 10.1. The van der Waals surface area contributed by atoms with Crippen LogP contribution in [0.1, 0.15) is 18.5 Å². The molecule has 156 valence electrons. The van der Waals surface area contributed by atoms with Crippen LogP contribution in [0.15, 0.2) is 83.2 Å². The van der Waals surface area contributed by atoms with Gasteiger partial charge in [-0.2, -0.15) is 0 Å². The normalized spacial score (nSPS) is 12.7. The minimum atomic E-state index is -0.760. The van der Waals surface area contributed by atoms with Gasteiger partial charge in [-0.15, -0.1) is 11.3 Å². The highest BCUT2D eigenvalue weighted by Crippen LogP contribution is 2.29. The molecule has 0 aliphatic heterocycles. The summed E-state index contributed by atoms with van der Waals surface area (Å²) in [6.45, 7) is 1.98. The molecule has 1 aromatic heterocycles. The highest BCUT2D eigenvalue weighted by Gasteiger charge is 2.18. The van der Waals surface area contributed by atoms with Crippen LogP contribution in [-0.4, -0.2) is 9.49 Å². The van der Waals surface area contributed by atoms with Crippen molar-refractivity contribution < 1.29 is 13.7 Å². The molecule has 0 bridgehead atoms. The first-order valence-corrected chi connectivity index (χ1v) is 10.3. The fraction of sp³-hybridized carbons (Fsp3) is 0.0870. The Morgan fingerprint density at radius 3 is 2.52 bits per heavy atom. The molecule has 0 aliphatic carbocycles. The maximum absolute atomic E-state index is 14.3. The molecule has 1 heterocycles. The van der Waals surface area contributed by atoms with Crippen LogP contribution in [-0.2, 0) is 0 Å². The Hall–Kier alpha value is -3.65. The van der Waals surface area contributed by atoms with Gasteiger partial charge in [0.2, 0.25) is 0 Å². The Kier molecular flexibility index (Phi) is 5.73. The molecule has 0 saturated carbocycles. The van der Waals surface area contributed by atoms with Gasteiger partial charge in [0, 0.05) is 29.1 Å². The molecule has 3 aromatic carbocycles. The number of non-ortho nitro benzene ring substituents is 1. The van der Waals surface area contributed by atoms with Crippen molar-refractivity contribution in [3.63, 3.8) is 0 Å². The van der Waals surface area contributed by atoms with Crippen molar-refractivity contribution >= 4 is 22.7 Å². The zero-order valence-corrected chi connectivity index (χ0v) is 17.2. The van der Waals surface area contributed by atoms with Gasteiger partial charge in [-0.25, -0.2) is 13.8 Å². The number of hydrogen-bond acceptors (Lipinski definition) is 4. The lowest BCUT2D eigenvalue weighted by Crippen LogP contribution is -2.20. The van der Waals surface area contributed by atoms with Crippen LogP contribution in [0.2, 0.25) is 0 Å². The molecule has 1 atom stereocenters. The standard InChI is InChI=1S/C23H17F2N3O2S/c1-15(16-6-3-2-4-7-16)27-22(17-8-5-9-19(12-17)28(29)30)14-31-23(27)26-21-11-10-18(24)13-20(21)25/h2-15H,1H3. The van der Waals surface area contributed by atoms with Gasteiger partial charge in [0.15, 0.2) is 10.6 Å². The lowest BCUT2D eigenvalue weighted by Gasteiger charge is -2.18. The molecular formula is C23H17F2N3O2S. The topological polar surface area (TPSA) is 60.4 Å². The number of benzene rings is 3. The van der Waals surface area contributed by atoms with Crippen molar-refractivity contribution in [3.05, 3.63) is 110 Å². The maximum atomic E-state index is 14.3. The Morgan fingerprint density at radius 2 is 1.81 bits per heavy atom. The first-order chi connectivity index (χ1) is 14.9. The Labute approximate surface area is 180 Å². The van der Waals surface area contributed by atoms with Crippen molar-refractivity contribution in [2.45, 2.75) is 13.0 Å². The third-order valence-corrected chi connectivity index (χ3v) is 5.73. The average molecular weight is 437 g/mol. The fourth-order valence-electron chi connectivity index (χ4n) is 3.32. The van der Waals surface area contributed by atoms with Crippen LogP contribution in [0.3, 0.4) is 0 Å². The van der Waals surface area contributed by atoms with Gasteiger partial charge in [0.25, 0.3) is 5.69 Å². The zero-order valence-electron chi connectivity index (χ0n) is 16.4. The summed E-state index contributed by atoms with van der Waals surface area (Å²) in [5.74, 6) is -1.44. The number of aromatic nitrogens is 1. The molecule has 8 heteroatoms. The van der Waals surface area contributed by atoms with Gasteiger partial charge >= 0.3 is 0 Å². The molecule has 0 aliphatic rings.